The molecule has 0 aliphatic rings. The number of benzene rings is 2. The molecule has 0 heterocycles. The van der Waals surface area contributed by atoms with Crippen LogP contribution in [0.2, 0.25) is 5.02 Å². The molecule has 2 aromatic carbocycles. The van der Waals surface area contributed by atoms with Crippen molar-refractivity contribution < 1.29 is 4.74 Å². The molecule has 17 heavy (non-hydrogen) atoms. The van der Waals surface area contributed by atoms with Crippen molar-refractivity contribution in [1.82, 2.24) is 0 Å². The van der Waals surface area contributed by atoms with Gasteiger partial charge >= 0.3 is 0 Å². The second-order valence-corrected chi connectivity index (χ2v) is 4.59. The Bertz CT molecular complexity index is 556. The van der Waals surface area contributed by atoms with E-state index in [0.717, 1.165) is 21.5 Å². The van der Waals surface area contributed by atoms with E-state index in [1.807, 2.05) is 36.4 Å². The molecule has 4 heteroatoms. The standard InChI is InChI=1S/C13H12ClNOS/c14-11-5-6-12(16-8-7-13(15)17)10-4-2-1-3-9(10)11/h1-6H,7-8H2,(H2,15,17). The van der Waals surface area contributed by atoms with Gasteiger partial charge in [-0.1, -0.05) is 48.1 Å². The van der Waals surface area contributed by atoms with E-state index < -0.39 is 0 Å². The summed E-state index contributed by atoms with van der Waals surface area (Å²) in [6, 6.07) is 11.6. The van der Waals surface area contributed by atoms with Gasteiger partial charge in [0.2, 0.25) is 0 Å². The third kappa shape index (κ3) is 2.87. The van der Waals surface area contributed by atoms with Gasteiger partial charge in [0.25, 0.3) is 0 Å². The van der Waals surface area contributed by atoms with Crippen LogP contribution in [0.3, 0.4) is 0 Å². The lowest BCUT2D eigenvalue weighted by Gasteiger charge is -2.09. The lowest BCUT2D eigenvalue weighted by atomic mass is 10.1. The molecule has 2 rings (SSSR count). The normalized spacial score (nSPS) is 10.4. The van der Waals surface area contributed by atoms with Gasteiger partial charge in [-0.25, -0.2) is 0 Å². The molecule has 88 valence electrons. The molecular weight excluding hydrogens is 254 g/mol. The zero-order valence-corrected chi connectivity index (χ0v) is 10.7. The largest absolute Gasteiger partial charge is 0.493 e. The zero-order valence-electron chi connectivity index (χ0n) is 9.15. The van der Waals surface area contributed by atoms with Gasteiger partial charge in [-0.05, 0) is 12.1 Å². The molecule has 0 bridgehead atoms. The third-order valence-electron chi connectivity index (χ3n) is 2.44. The van der Waals surface area contributed by atoms with Crippen LogP contribution in [-0.4, -0.2) is 11.6 Å². The molecule has 0 amide bonds. The summed E-state index contributed by atoms with van der Waals surface area (Å²) in [5.74, 6) is 0.807. The van der Waals surface area contributed by atoms with Crippen LogP contribution in [0.15, 0.2) is 36.4 Å². The fourth-order valence-corrected chi connectivity index (χ4v) is 1.93. The minimum absolute atomic E-state index is 0.461. The number of hydrogen-bond donors (Lipinski definition) is 1. The summed E-state index contributed by atoms with van der Waals surface area (Å²) in [7, 11) is 0. The topological polar surface area (TPSA) is 35.2 Å². The Kier molecular flexibility index (Phi) is 3.82. The summed E-state index contributed by atoms with van der Waals surface area (Å²) in [6.07, 6.45) is 0.576. The molecule has 0 atom stereocenters. The van der Waals surface area contributed by atoms with E-state index in [2.05, 4.69) is 0 Å². The van der Waals surface area contributed by atoms with E-state index in [4.69, 9.17) is 34.3 Å². The fourth-order valence-electron chi connectivity index (χ4n) is 1.62. The smallest absolute Gasteiger partial charge is 0.127 e. The maximum atomic E-state index is 6.12. The quantitative estimate of drug-likeness (QED) is 0.859. The third-order valence-corrected chi connectivity index (χ3v) is 2.97. The van der Waals surface area contributed by atoms with Gasteiger partial charge in [0, 0.05) is 22.2 Å². The Morgan fingerprint density at radius 1 is 1.18 bits per heavy atom. The predicted octanol–water partition coefficient (Wildman–Crippen LogP) is 3.55. The molecule has 0 spiro atoms. The highest BCUT2D eigenvalue weighted by Crippen LogP contribution is 2.31. The highest BCUT2D eigenvalue weighted by molar-refractivity contribution is 7.80. The van der Waals surface area contributed by atoms with Crippen LogP contribution in [0.5, 0.6) is 5.75 Å². The molecule has 0 unspecified atom stereocenters. The first kappa shape index (κ1) is 12.1. The molecule has 2 N–H and O–H groups in total. The van der Waals surface area contributed by atoms with Crippen LogP contribution in [0.25, 0.3) is 10.8 Å². The number of rotatable bonds is 4. The lowest BCUT2D eigenvalue weighted by Crippen LogP contribution is -2.12. The van der Waals surface area contributed by atoms with Crippen molar-refractivity contribution >= 4 is 39.6 Å². The molecule has 0 aliphatic heterocycles. The zero-order chi connectivity index (χ0) is 12.3. The number of ether oxygens (including phenoxy) is 1. The van der Waals surface area contributed by atoms with E-state index >= 15 is 0 Å². The monoisotopic (exact) mass is 265 g/mol. The van der Waals surface area contributed by atoms with Crippen molar-refractivity contribution in [2.24, 2.45) is 5.73 Å². The van der Waals surface area contributed by atoms with Crippen LogP contribution in [0.1, 0.15) is 6.42 Å². The molecule has 2 nitrogen and oxygen atoms in total. The molecule has 0 aromatic heterocycles. The summed E-state index contributed by atoms with van der Waals surface area (Å²) in [5, 5.41) is 2.72. The molecule has 0 saturated carbocycles. The molecule has 0 aliphatic carbocycles. The second kappa shape index (κ2) is 5.34. The highest BCUT2D eigenvalue weighted by atomic mass is 35.5. The van der Waals surface area contributed by atoms with Gasteiger partial charge in [0.05, 0.1) is 11.6 Å². The fraction of sp³-hybridized carbons (Fsp3) is 0.154. The summed E-state index contributed by atoms with van der Waals surface area (Å²) < 4.78 is 5.66. The van der Waals surface area contributed by atoms with Crippen molar-refractivity contribution in [3.05, 3.63) is 41.4 Å². The van der Waals surface area contributed by atoms with Crippen LogP contribution >= 0.6 is 23.8 Å². The Balaban J connectivity index is 2.28. The Labute approximate surface area is 110 Å². The maximum absolute atomic E-state index is 6.12. The number of halogens is 1. The van der Waals surface area contributed by atoms with Crippen LogP contribution in [0.4, 0.5) is 0 Å². The maximum Gasteiger partial charge on any atom is 0.127 e. The number of nitrogens with two attached hydrogens (primary N) is 1. The first-order valence-electron chi connectivity index (χ1n) is 5.27. The van der Waals surface area contributed by atoms with E-state index in [1.165, 1.54) is 0 Å². The van der Waals surface area contributed by atoms with Crippen molar-refractivity contribution in [3.8, 4) is 5.75 Å². The Hall–Kier alpha value is -1.32. The van der Waals surface area contributed by atoms with Gasteiger partial charge in [-0.15, -0.1) is 0 Å². The SMILES string of the molecule is NC(=S)CCOc1ccc(Cl)c2ccccc12. The Morgan fingerprint density at radius 3 is 2.59 bits per heavy atom. The van der Waals surface area contributed by atoms with Gasteiger partial charge in [-0.2, -0.15) is 0 Å². The van der Waals surface area contributed by atoms with E-state index in [1.54, 1.807) is 0 Å². The summed E-state index contributed by atoms with van der Waals surface area (Å²) in [4.78, 5) is 0.461. The van der Waals surface area contributed by atoms with Crippen LogP contribution in [-0.2, 0) is 0 Å². The molecule has 0 fully saturated rings. The van der Waals surface area contributed by atoms with Gasteiger partial charge in [0.15, 0.2) is 0 Å². The molecular formula is C13H12ClNOS. The van der Waals surface area contributed by atoms with E-state index in [9.17, 15) is 0 Å². The first-order chi connectivity index (χ1) is 8.18. The average Bonchev–Trinajstić information content (AvgIpc) is 2.32. The lowest BCUT2D eigenvalue weighted by molar-refractivity contribution is 0.333. The van der Waals surface area contributed by atoms with Crippen molar-refractivity contribution in [3.63, 3.8) is 0 Å². The molecule has 0 saturated heterocycles. The van der Waals surface area contributed by atoms with Crippen molar-refractivity contribution in [1.29, 1.82) is 0 Å². The minimum Gasteiger partial charge on any atom is -0.493 e. The first-order valence-corrected chi connectivity index (χ1v) is 6.05. The van der Waals surface area contributed by atoms with Crippen LogP contribution in [0, 0.1) is 0 Å². The summed E-state index contributed by atoms with van der Waals surface area (Å²) >= 11 is 10.9. The number of fused-ring (bicyclic) bond motifs is 1. The van der Waals surface area contributed by atoms with E-state index in [0.29, 0.717) is 18.0 Å². The molecule has 0 radical (unpaired) electrons. The summed E-state index contributed by atoms with van der Waals surface area (Å²) in [6.45, 7) is 0.487. The number of thiocarbonyl (C=S) groups is 1. The van der Waals surface area contributed by atoms with Crippen molar-refractivity contribution in [2.75, 3.05) is 6.61 Å². The number of hydrogen-bond acceptors (Lipinski definition) is 2. The van der Waals surface area contributed by atoms with E-state index in [-0.39, 0.29) is 0 Å². The molecule has 2 aromatic rings. The summed E-state index contributed by atoms with van der Waals surface area (Å²) in [5.41, 5.74) is 5.42. The van der Waals surface area contributed by atoms with Crippen LogP contribution < -0.4 is 10.5 Å². The second-order valence-electron chi connectivity index (χ2n) is 3.66. The predicted molar refractivity (Wildman–Crippen MR) is 75.9 cm³/mol. The van der Waals surface area contributed by atoms with Crippen molar-refractivity contribution in [2.45, 2.75) is 6.42 Å². The Morgan fingerprint density at radius 2 is 1.88 bits per heavy atom. The average molecular weight is 266 g/mol. The minimum atomic E-state index is 0.461. The van der Waals surface area contributed by atoms with Gasteiger partial charge < -0.3 is 10.5 Å². The van der Waals surface area contributed by atoms with Gasteiger partial charge in [0.1, 0.15) is 5.75 Å². The van der Waals surface area contributed by atoms with Gasteiger partial charge in [-0.3, -0.25) is 0 Å². The highest BCUT2D eigenvalue weighted by Gasteiger charge is 2.04.